The van der Waals surface area contributed by atoms with Gasteiger partial charge in [0.05, 0.1) is 12.6 Å². The maximum atomic E-state index is 13.2. The molecule has 1 fully saturated rings. The highest BCUT2D eigenvalue weighted by Crippen LogP contribution is 2.35. The van der Waals surface area contributed by atoms with E-state index < -0.39 is 36.4 Å². The van der Waals surface area contributed by atoms with Crippen molar-refractivity contribution in [2.45, 2.75) is 49.6 Å². The summed E-state index contributed by atoms with van der Waals surface area (Å²) >= 11 is 1.39. The molecule has 4 rings (SSSR count). The molecule has 2 heterocycles. The molecule has 2 aromatic rings. The lowest BCUT2D eigenvalue weighted by Crippen LogP contribution is -2.63. The van der Waals surface area contributed by atoms with Gasteiger partial charge >= 0.3 is 0 Å². The van der Waals surface area contributed by atoms with Crippen LogP contribution in [0.15, 0.2) is 30.3 Å². The molecule has 0 aromatic heterocycles. The first kappa shape index (κ1) is 30.2. The largest absolute Gasteiger partial charge is 0.394 e. The topological polar surface area (TPSA) is 152 Å². The van der Waals surface area contributed by atoms with E-state index in [1.54, 1.807) is 12.1 Å². The van der Waals surface area contributed by atoms with Gasteiger partial charge in [0.1, 0.15) is 23.7 Å². The van der Waals surface area contributed by atoms with E-state index in [0.29, 0.717) is 48.3 Å². The molecule has 5 N–H and O–H groups in total. The van der Waals surface area contributed by atoms with Gasteiger partial charge in [-0.25, -0.2) is 0 Å². The van der Waals surface area contributed by atoms with Crippen molar-refractivity contribution in [1.29, 1.82) is 0 Å². The molecular formula is C28H38N4O7S. The Labute approximate surface area is 237 Å². The molecule has 12 heteroatoms. The predicted molar refractivity (Wildman–Crippen MR) is 154 cm³/mol. The van der Waals surface area contributed by atoms with Crippen LogP contribution >= 0.6 is 11.8 Å². The molecule has 3 amide bonds. The highest BCUT2D eigenvalue weighted by molar-refractivity contribution is 7.99. The van der Waals surface area contributed by atoms with Crippen LogP contribution in [0.1, 0.15) is 40.5 Å². The Morgan fingerprint density at radius 1 is 1.05 bits per heavy atom. The number of benzene rings is 2. The zero-order valence-electron chi connectivity index (χ0n) is 23.0. The van der Waals surface area contributed by atoms with Gasteiger partial charge in [0, 0.05) is 55.2 Å². The summed E-state index contributed by atoms with van der Waals surface area (Å²) in [6.45, 7) is 2.49. The maximum Gasteiger partial charge on any atom is 0.261 e. The fourth-order valence-electron chi connectivity index (χ4n) is 5.22. The van der Waals surface area contributed by atoms with Crippen LogP contribution in [0.5, 0.6) is 0 Å². The van der Waals surface area contributed by atoms with E-state index in [-0.39, 0.29) is 17.7 Å². The molecule has 0 saturated carbocycles. The molecule has 218 valence electrons. The van der Waals surface area contributed by atoms with Gasteiger partial charge in [-0.1, -0.05) is 12.1 Å². The number of imide groups is 1. The summed E-state index contributed by atoms with van der Waals surface area (Å²) in [6, 6.07) is 8.48. The number of amides is 3. The molecule has 1 saturated heterocycles. The van der Waals surface area contributed by atoms with Crippen LogP contribution in [0.3, 0.4) is 0 Å². The molecule has 0 aliphatic carbocycles. The molecule has 0 spiro atoms. The third-order valence-corrected chi connectivity index (χ3v) is 8.47. The third-order valence-electron chi connectivity index (χ3n) is 7.22. The molecule has 0 bridgehead atoms. The number of thioether (sulfide) groups is 1. The second kappa shape index (κ2) is 13.3. The number of hydrogen-bond donors (Lipinski definition) is 5. The standard InChI is InChI=1S/C28H38N4O7S/c1-16(34)30-23-25(36)24(35)21(15-33)39-28(23)40-14-6-12-29-11-5-13-32-26(37)18-8-4-7-17-20(31(2)3)10-9-19(22(17)18)27(32)38/h4,7-10,21,23-25,28-29,33,35-36H,5-6,11-15H2,1-3H3,(H,30,34)/t21-,23-,24-,25-,28+/m1/s1. The molecule has 2 aliphatic heterocycles. The van der Waals surface area contributed by atoms with Gasteiger partial charge in [-0.2, -0.15) is 0 Å². The van der Waals surface area contributed by atoms with Crippen molar-refractivity contribution in [1.82, 2.24) is 15.5 Å². The van der Waals surface area contributed by atoms with Crippen molar-refractivity contribution in [2.75, 3.05) is 51.0 Å². The number of nitrogens with zero attached hydrogens (tertiary/aromatic N) is 2. The Bertz CT molecular complexity index is 1220. The summed E-state index contributed by atoms with van der Waals surface area (Å²) in [5, 5.41) is 37.5. The van der Waals surface area contributed by atoms with E-state index in [1.165, 1.54) is 23.6 Å². The highest BCUT2D eigenvalue weighted by atomic mass is 32.2. The fourth-order valence-corrected chi connectivity index (χ4v) is 6.42. The molecule has 0 radical (unpaired) electrons. The van der Waals surface area contributed by atoms with Crippen molar-refractivity contribution in [2.24, 2.45) is 0 Å². The van der Waals surface area contributed by atoms with Gasteiger partial charge in [0.25, 0.3) is 11.8 Å². The Morgan fingerprint density at radius 2 is 1.75 bits per heavy atom. The van der Waals surface area contributed by atoms with Crippen LogP contribution in [0.4, 0.5) is 5.69 Å². The van der Waals surface area contributed by atoms with E-state index in [9.17, 15) is 29.7 Å². The lowest BCUT2D eigenvalue weighted by Gasteiger charge is -2.42. The first-order chi connectivity index (χ1) is 19.1. The second-order valence-electron chi connectivity index (χ2n) is 10.3. The fraction of sp³-hybridized carbons (Fsp3) is 0.536. The number of nitrogens with one attached hydrogen (secondary N) is 2. The average molecular weight is 575 g/mol. The molecule has 11 nitrogen and oxygen atoms in total. The molecule has 5 atom stereocenters. The SMILES string of the molecule is CC(=O)N[C@@H]1[C@@H](O)[C@H](O)[C@@H](CO)O[C@H]1SCCCNCCCN1C(=O)c2cccc3c(N(C)C)ccc(c23)C1=O. The van der Waals surface area contributed by atoms with Gasteiger partial charge < -0.3 is 35.6 Å². The van der Waals surface area contributed by atoms with Crippen molar-refractivity contribution in [3.63, 3.8) is 0 Å². The van der Waals surface area contributed by atoms with Crippen molar-refractivity contribution >= 4 is 45.9 Å². The summed E-state index contributed by atoms with van der Waals surface area (Å²) in [6.07, 6.45) is -2.12. The number of aliphatic hydroxyl groups is 3. The molecule has 40 heavy (non-hydrogen) atoms. The Kier molecular flexibility index (Phi) is 10.0. The summed E-state index contributed by atoms with van der Waals surface area (Å²) in [5.41, 5.74) is 1.44. The van der Waals surface area contributed by atoms with Crippen LogP contribution in [-0.2, 0) is 9.53 Å². The smallest absolute Gasteiger partial charge is 0.261 e. The minimum absolute atomic E-state index is 0.273. The zero-order chi connectivity index (χ0) is 29.0. The zero-order valence-corrected chi connectivity index (χ0v) is 23.8. The first-order valence-electron chi connectivity index (χ1n) is 13.5. The van der Waals surface area contributed by atoms with E-state index in [2.05, 4.69) is 10.6 Å². The number of ether oxygens (including phenoxy) is 1. The number of aliphatic hydroxyl groups excluding tert-OH is 3. The molecule has 2 aromatic carbocycles. The lowest BCUT2D eigenvalue weighted by atomic mass is 9.92. The Morgan fingerprint density at radius 3 is 2.42 bits per heavy atom. The summed E-state index contributed by atoms with van der Waals surface area (Å²) in [4.78, 5) is 41.3. The van der Waals surface area contributed by atoms with Crippen molar-refractivity contribution in [3.05, 3.63) is 41.5 Å². The highest BCUT2D eigenvalue weighted by Gasteiger charge is 2.44. The van der Waals surface area contributed by atoms with E-state index >= 15 is 0 Å². The van der Waals surface area contributed by atoms with Crippen LogP contribution in [-0.4, -0.2) is 114 Å². The number of hydrogen-bond acceptors (Lipinski definition) is 10. The van der Waals surface area contributed by atoms with Gasteiger partial charge in [-0.05, 0) is 49.9 Å². The number of carbonyl (C=O) groups excluding carboxylic acids is 3. The van der Waals surface area contributed by atoms with Crippen LogP contribution in [0, 0.1) is 0 Å². The van der Waals surface area contributed by atoms with Gasteiger partial charge in [-0.3, -0.25) is 19.3 Å². The first-order valence-corrected chi connectivity index (χ1v) is 14.5. The number of anilines is 1. The van der Waals surface area contributed by atoms with Crippen molar-refractivity contribution < 1.29 is 34.4 Å². The van der Waals surface area contributed by atoms with Gasteiger partial charge in [0.2, 0.25) is 5.91 Å². The summed E-state index contributed by atoms with van der Waals surface area (Å²) < 4.78 is 5.72. The molecule has 2 aliphatic rings. The van der Waals surface area contributed by atoms with E-state index in [1.807, 2.05) is 37.2 Å². The quantitative estimate of drug-likeness (QED) is 0.180. The second-order valence-corrected chi connectivity index (χ2v) is 11.5. The van der Waals surface area contributed by atoms with Crippen LogP contribution < -0.4 is 15.5 Å². The lowest BCUT2D eigenvalue weighted by molar-refractivity contribution is -0.173. The Hall–Kier alpha value is -2.74. The number of rotatable bonds is 12. The number of carbonyl (C=O) groups is 3. The average Bonchev–Trinajstić information content (AvgIpc) is 2.93. The molecule has 0 unspecified atom stereocenters. The normalized spacial score (nSPS) is 24.4. The molecular weight excluding hydrogens is 536 g/mol. The Balaban J connectivity index is 1.23. The van der Waals surface area contributed by atoms with Gasteiger partial charge in [0.15, 0.2) is 0 Å². The minimum atomic E-state index is -1.30. The summed E-state index contributed by atoms with van der Waals surface area (Å²) in [5.74, 6) is -0.248. The van der Waals surface area contributed by atoms with Gasteiger partial charge in [-0.15, -0.1) is 11.8 Å². The third kappa shape index (κ3) is 6.27. The van der Waals surface area contributed by atoms with Crippen LogP contribution in [0.2, 0.25) is 0 Å². The predicted octanol–water partition coefficient (Wildman–Crippen LogP) is 0.549. The maximum absolute atomic E-state index is 13.2. The van der Waals surface area contributed by atoms with Crippen LogP contribution in [0.25, 0.3) is 10.8 Å². The van der Waals surface area contributed by atoms with E-state index in [0.717, 1.165) is 17.5 Å². The van der Waals surface area contributed by atoms with Crippen molar-refractivity contribution in [3.8, 4) is 0 Å². The monoisotopic (exact) mass is 574 g/mol. The summed E-state index contributed by atoms with van der Waals surface area (Å²) in [7, 11) is 3.87. The van der Waals surface area contributed by atoms with E-state index in [4.69, 9.17) is 4.74 Å². The minimum Gasteiger partial charge on any atom is -0.394 e.